The van der Waals surface area contributed by atoms with Gasteiger partial charge < -0.3 is 5.73 Å². The number of nitrogens with zero attached hydrogens (tertiary/aromatic N) is 2. The van der Waals surface area contributed by atoms with Crippen LogP contribution in [0.5, 0.6) is 0 Å². The third-order valence-electron chi connectivity index (χ3n) is 3.37. The zero-order chi connectivity index (χ0) is 11.2. The molecule has 0 aromatic carbocycles. The van der Waals surface area contributed by atoms with Gasteiger partial charge in [0.25, 0.3) is 0 Å². The molecular weight excluding hydrogens is 198 g/mol. The summed E-state index contributed by atoms with van der Waals surface area (Å²) in [4.78, 5) is 6.68. The predicted molar refractivity (Wildman–Crippen MR) is 66.0 cm³/mol. The number of aromatic nitrogens is 1. The highest BCUT2D eigenvalue weighted by atomic mass is 15.2. The molecule has 0 aliphatic heterocycles. The van der Waals surface area contributed by atoms with E-state index in [2.05, 4.69) is 16.0 Å². The molecule has 0 radical (unpaired) electrons. The molecule has 0 atom stereocenters. The van der Waals surface area contributed by atoms with Gasteiger partial charge in [-0.2, -0.15) is 0 Å². The van der Waals surface area contributed by atoms with Gasteiger partial charge >= 0.3 is 0 Å². The van der Waals surface area contributed by atoms with Gasteiger partial charge in [-0.05, 0) is 24.5 Å². The second-order valence-corrected chi connectivity index (χ2v) is 4.56. The Morgan fingerprint density at radius 2 is 2.19 bits per heavy atom. The van der Waals surface area contributed by atoms with E-state index in [1.165, 1.54) is 31.2 Å². The van der Waals surface area contributed by atoms with Crippen molar-refractivity contribution in [2.24, 2.45) is 5.73 Å². The molecule has 1 saturated carbocycles. The van der Waals surface area contributed by atoms with Gasteiger partial charge in [-0.1, -0.05) is 18.9 Å². The maximum atomic E-state index is 5.69. The highest BCUT2D eigenvalue weighted by molar-refractivity contribution is 5.08. The van der Waals surface area contributed by atoms with E-state index >= 15 is 0 Å². The Hall–Kier alpha value is -0.930. The molecular formula is C13H21N3. The lowest BCUT2D eigenvalue weighted by atomic mass is 10.1. The standard InChI is InChI=1S/C13H21N3/c14-7-9-16(13-5-1-2-6-13)11-12-4-3-8-15-10-12/h3-4,8,10,13H,1-2,5-7,9,11,14H2. The van der Waals surface area contributed by atoms with Gasteiger partial charge in [0.2, 0.25) is 0 Å². The maximum absolute atomic E-state index is 5.69. The summed E-state index contributed by atoms with van der Waals surface area (Å²) in [5.74, 6) is 0. The molecule has 0 amide bonds. The van der Waals surface area contributed by atoms with E-state index in [-0.39, 0.29) is 0 Å². The summed E-state index contributed by atoms with van der Waals surface area (Å²) in [5, 5.41) is 0. The molecule has 1 aliphatic carbocycles. The molecule has 0 spiro atoms. The molecule has 1 aromatic rings. The molecule has 1 heterocycles. The van der Waals surface area contributed by atoms with Crippen LogP contribution in [0.15, 0.2) is 24.5 Å². The maximum Gasteiger partial charge on any atom is 0.0312 e. The van der Waals surface area contributed by atoms with Crippen molar-refractivity contribution in [3.8, 4) is 0 Å². The van der Waals surface area contributed by atoms with Crippen molar-refractivity contribution in [3.05, 3.63) is 30.1 Å². The van der Waals surface area contributed by atoms with Gasteiger partial charge in [0.15, 0.2) is 0 Å². The molecule has 3 nitrogen and oxygen atoms in total. The van der Waals surface area contributed by atoms with Crippen molar-refractivity contribution in [1.82, 2.24) is 9.88 Å². The SMILES string of the molecule is NCCN(Cc1cccnc1)C1CCCC1. The van der Waals surface area contributed by atoms with E-state index in [9.17, 15) is 0 Å². The molecule has 1 fully saturated rings. The minimum Gasteiger partial charge on any atom is -0.329 e. The van der Waals surface area contributed by atoms with Gasteiger partial charge in [0, 0.05) is 38.1 Å². The zero-order valence-electron chi connectivity index (χ0n) is 9.81. The first-order valence-electron chi connectivity index (χ1n) is 6.23. The summed E-state index contributed by atoms with van der Waals surface area (Å²) in [6.45, 7) is 2.74. The van der Waals surface area contributed by atoms with Crippen molar-refractivity contribution in [3.63, 3.8) is 0 Å². The van der Waals surface area contributed by atoms with E-state index in [4.69, 9.17) is 5.73 Å². The fourth-order valence-electron chi connectivity index (χ4n) is 2.55. The molecule has 16 heavy (non-hydrogen) atoms. The smallest absolute Gasteiger partial charge is 0.0312 e. The molecule has 0 unspecified atom stereocenters. The summed E-state index contributed by atoms with van der Waals surface area (Å²) in [5.41, 5.74) is 6.99. The topological polar surface area (TPSA) is 42.1 Å². The molecule has 2 N–H and O–H groups in total. The molecule has 0 bridgehead atoms. The molecule has 88 valence electrons. The molecule has 1 aromatic heterocycles. The largest absolute Gasteiger partial charge is 0.329 e. The fourth-order valence-corrected chi connectivity index (χ4v) is 2.55. The van der Waals surface area contributed by atoms with E-state index in [1.54, 1.807) is 0 Å². The number of hydrogen-bond donors (Lipinski definition) is 1. The van der Waals surface area contributed by atoms with Crippen LogP contribution in [0.3, 0.4) is 0 Å². The third-order valence-corrected chi connectivity index (χ3v) is 3.37. The highest BCUT2D eigenvalue weighted by Crippen LogP contribution is 2.24. The predicted octanol–water partition coefficient (Wildman–Crippen LogP) is 1.78. The van der Waals surface area contributed by atoms with Crippen LogP contribution in [0.1, 0.15) is 31.2 Å². The molecule has 1 aliphatic rings. The van der Waals surface area contributed by atoms with E-state index in [1.807, 2.05) is 18.5 Å². The third kappa shape index (κ3) is 3.03. The molecule has 3 heteroatoms. The number of pyridine rings is 1. The van der Waals surface area contributed by atoms with Crippen LogP contribution >= 0.6 is 0 Å². The van der Waals surface area contributed by atoms with Crippen LogP contribution < -0.4 is 5.73 Å². The normalized spacial score (nSPS) is 17.1. The average molecular weight is 219 g/mol. The summed E-state index contributed by atoms with van der Waals surface area (Å²) in [6.07, 6.45) is 9.20. The Kier molecular flexibility index (Phi) is 4.31. The fraction of sp³-hybridized carbons (Fsp3) is 0.615. The minimum atomic E-state index is 0.740. The van der Waals surface area contributed by atoms with E-state index in [0.717, 1.165) is 25.7 Å². The van der Waals surface area contributed by atoms with Crippen molar-refractivity contribution in [1.29, 1.82) is 0 Å². The summed E-state index contributed by atoms with van der Waals surface area (Å²) < 4.78 is 0. The minimum absolute atomic E-state index is 0.740. The Morgan fingerprint density at radius 1 is 1.38 bits per heavy atom. The van der Waals surface area contributed by atoms with Crippen molar-refractivity contribution in [2.45, 2.75) is 38.3 Å². The summed E-state index contributed by atoms with van der Waals surface area (Å²) in [7, 11) is 0. The summed E-state index contributed by atoms with van der Waals surface area (Å²) in [6, 6.07) is 4.89. The van der Waals surface area contributed by atoms with E-state index < -0.39 is 0 Å². The van der Waals surface area contributed by atoms with Crippen LogP contribution in [0.2, 0.25) is 0 Å². The lowest BCUT2D eigenvalue weighted by Crippen LogP contribution is -2.36. The van der Waals surface area contributed by atoms with Crippen LogP contribution in [-0.2, 0) is 6.54 Å². The Morgan fingerprint density at radius 3 is 2.81 bits per heavy atom. The van der Waals surface area contributed by atoms with Gasteiger partial charge in [-0.3, -0.25) is 9.88 Å². The Balaban J connectivity index is 1.96. The lowest BCUT2D eigenvalue weighted by molar-refractivity contribution is 0.195. The summed E-state index contributed by atoms with van der Waals surface area (Å²) >= 11 is 0. The van der Waals surface area contributed by atoms with Crippen LogP contribution in [-0.4, -0.2) is 29.0 Å². The number of nitrogens with two attached hydrogens (primary N) is 1. The van der Waals surface area contributed by atoms with Crippen molar-refractivity contribution in [2.75, 3.05) is 13.1 Å². The second kappa shape index (κ2) is 5.97. The van der Waals surface area contributed by atoms with Gasteiger partial charge in [0.1, 0.15) is 0 Å². The van der Waals surface area contributed by atoms with E-state index in [0.29, 0.717) is 0 Å². The Bertz CT molecular complexity index is 293. The van der Waals surface area contributed by atoms with Crippen molar-refractivity contribution < 1.29 is 0 Å². The lowest BCUT2D eigenvalue weighted by Gasteiger charge is -2.28. The molecule has 0 saturated heterocycles. The first-order valence-corrected chi connectivity index (χ1v) is 6.23. The highest BCUT2D eigenvalue weighted by Gasteiger charge is 2.21. The van der Waals surface area contributed by atoms with Gasteiger partial charge in [-0.25, -0.2) is 0 Å². The van der Waals surface area contributed by atoms with Crippen LogP contribution in [0.25, 0.3) is 0 Å². The first-order chi connectivity index (χ1) is 7.90. The molecule has 2 rings (SSSR count). The Labute approximate surface area is 97.7 Å². The quantitative estimate of drug-likeness (QED) is 0.821. The van der Waals surface area contributed by atoms with Crippen LogP contribution in [0, 0.1) is 0 Å². The van der Waals surface area contributed by atoms with Crippen molar-refractivity contribution >= 4 is 0 Å². The van der Waals surface area contributed by atoms with Gasteiger partial charge in [-0.15, -0.1) is 0 Å². The average Bonchev–Trinajstić information content (AvgIpc) is 2.83. The number of hydrogen-bond acceptors (Lipinski definition) is 3. The second-order valence-electron chi connectivity index (χ2n) is 4.56. The zero-order valence-corrected chi connectivity index (χ0v) is 9.81. The monoisotopic (exact) mass is 219 g/mol. The number of rotatable bonds is 5. The first kappa shape index (κ1) is 11.6. The van der Waals surface area contributed by atoms with Gasteiger partial charge in [0.05, 0.1) is 0 Å². The van der Waals surface area contributed by atoms with Crippen LogP contribution in [0.4, 0.5) is 0 Å².